The SMILES string of the molecule is NN1C=CNN1. The van der Waals surface area contributed by atoms with Gasteiger partial charge in [0, 0.05) is 6.20 Å². The lowest BCUT2D eigenvalue weighted by Gasteiger charge is -2.03. The standard InChI is InChI=1S/C2H6N4/c3-6-2-1-4-5-6/h1-2,4-5H,3H2. The molecule has 0 aromatic rings. The van der Waals surface area contributed by atoms with E-state index in [2.05, 4.69) is 11.0 Å². The Bertz CT molecular complexity index is 67.9. The highest BCUT2D eigenvalue weighted by Gasteiger charge is 1.89. The molecule has 0 amide bonds. The molecular weight excluding hydrogens is 80.1 g/mol. The summed E-state index contributed by atoms with van der Waals surface area (Å²) in [6.07, 6.45) is 3.36. The lowest BCUT2D eigenvalue weighted by Crippen LogP contribution is -2.40. The second kappa shape index (κ2) is 1.16. The summed E-state index contributed by atoms with van der Waals surface area (Å²) in [5, 5.41) is 1.32. The third-order valence-electron chi connectivity index (χ3n) is 0.512. The average molecular weight is 86.1 g/mol. The van der Waals surface area contributed by atoms with Crippen LogP contribution in [0.5, 0.6) is 0 Å². The molecule has 1 heterocycles. The fourth-order valence-electron chi connectivity index (χ4n) is 0.267. The van der Waals surface area contributed by atoms with E-state index < -0.39 is 0 Å². The van der Waals surface area contributed by atoms with Crippen molar-refractivity contribution in [3.8, 4) is 0 Å². The first-order chi connectivity index (χ1) is 2.89. The van der Waals surface area contributed by atoms with Gasteiger partial charge in [0.1, 0.15) is 0 Å². The summed E-state index contributed by atoms with van der Waals surface area (Å²) in [5.41, 5.74) is 5.21. The van der Waals surface area contributed by atoms with Gasteiger partial charge in [0.25, 0.3) is 0 Å². The van der Waals surface area contributed by atoms with Crippen LogP contribution in [0.25, 0.3) is 0 Å². The molecule has 1 rings (SSSR count). The normalized spacial score (nSPS) is 18.5. The summed E-state index contributed by atoms with van der Waals surface area (Å²) in [6.45, 7) is 0. The van der Waals surface area contributed by atoms with Crippen molar-refractivity contribution in [2.45, 2.75) is 0 Å². The van der Waals surface area contributed by atoms with Gasteiger partial charge in [0.05, 0.1) is 6.20 Å². The largest absolute Gasteiger partial charge is 0.308 e. The number of rotatable bonds is 0. The van der Waals surface area contributed by atoms with E-state index in [0.29, 0.717) is 0 Å². The lowest BCUT2D eigenvalue weighted by atomic mass is 11.0. The quantitative estimate of drug-likeness (QED) is 0.319. The van der Waals surface area contributed by atoms with E-state index >= 15 is 0 Å². The number of nitrogens with zero attached hydrogens (tertiary/aromatic N) is 1. The van der Waals surface area contributed by atoms with Crippen molar-refractivity contribution >= 4 is 0 Å². The van der Waals surface area contributed by atoms with Crippen molar-refractivity contribution in [2.75, 3.05) is 0 Å². The van der Waals surface area contributed by atoms with Gasteiger partial charge in [-0.1, -0.05) is 0 Å². The number of hydrogen-bond donors (Lipinski definition) is 3. The van der Waals surface area contributed by atoms with Gasteiger partial charge in [-0.05, 0) is 0 Å². The highest BCUT2D eigenvalue weighted by molar-refractivity contribution is 4.78. The summed E-state index contributed by atoms with van der Waals surface area (Å²) in [5.74, 6) is 5.11. The molecule has 0 unspecified atom stereocenters. The fraction of sp³-hybridized carbons (Fsp3) is 0. The van der Waals surface area contributed by atoms with Crippen LogP contribution in [0, 0.1) is 0 Å². The molecule has 1 aliphatic heterocycles. The first kappa shape index (κ1) is 3.45. The summed E-state index contributed by atoms with van der Waals surface area (Å²) in [6, 6.07) is 0. The minimum atomic E-state index is 1.32. The second-order valence-electron chi connectivity index (χ2n) is 0.979. The maximum absolute atomic E-state index is 5.11. The maximum atomic E-state index is 5.11. The van der Waals surface area contributed by atoms with E-state index in [4.69, 9.17) is 5.84 Å². The molecule has 4 N–H and O–H groups in total. The molecule has 0 aromatic heterocycles. The zero-order valence-corrected chi connectivity index (χ0v) is 3.18. The van der Waals surface area contributed by atoms with Crippen molar-refractivity contribution in [1.82, 2.24) is 16.1 Å². The van der Waals surface area contributed by atoms with Crippen molar-refractivity contribution in [2.24, 2.45) is 5.84 Å². The zero-order valence-electron chi connectivity index (χ0n) is 3.18. The number of nitrogens with two attached hydrogens (primary N) is 1. The smallest absolute Gasteiger partial charge is 0.0528 e. The van der Waals surface area contributed by atoms with Crippen molar-refractivity contribution in [1.29, 1.82) is 0 Å². The van der Waals surface area contributed by atoms with Crippen LogP contribution < -0.4 is 16.8 Å². The van der Waals surface area contributed by atoms with E-state index in [1.807, 2.05) is 0 Å². The van der Waals surface area contributed by atoms with Gasteiger partial charge >= 0.3 is 0 Å². The molecule has 0 saturated carbocycles. The third kappa shape index (κ3) is 0.425. The van der Waals surface area contributed by atoms with Crippen LogP contribution in [0.1, 0.15) is 0 Å². The fourth-order valence-corrected chi connectivity index (χ4v) is 0.267. The van der Waals surface area contributed by atoms with E-state index in [0.717, 1.165) is 0 Å². The minimum Gasteiger partial charge on any atom is -0.308 e. The van der Waals surface area contributed by atoms with Gasteiger partial charge in [0.15, 0.2) is 0 Å². The van der Waals surface area contributed by atoms with Gasteiger partial charge in [-0.3, -0.25) is 0 Å². The molecule has 1 aliphatic rings. The number of hydrazine groups is 3. The van der Waals surface area contributed by atoms with E-state index in [9.17, 15) is 0 Å². The predicted octanol–water partition coefficient (Wildman–Crippen LogP) is -1.34. The second-order valence-corrected chi connectivity index (χ2v) is 0.979. The molecule has 34 valence electrons. The van der Waals surface area contributed by atoms with Gasteiger partial charge in [-0.15, -0.1) is 5.53 Å². The Morgan fingerprint density at radius 1 is 1.67 bits per heavy atom. The van der Waals surface area contributed by atoms with E-state index in [1.165, 1.54) is 5.12 Å². The average Bonchev–Trinajstić information content (AvgIpc) is 1.86. The van der Waals surface area contributed by atoms with Gasteiger partial charge in [0.2, 0.25) is 0 Å². The summed E-state index contributed by atoms with van der Waals surface area (Å²) in [7, 11) is 0. The molecule has 0 spiro atoms. The highest BCUT2D eigenvalue weighted by atomic mass is 15.8. The molecule has 6 heavy (non-hydrogen) atoms. The summed E-state index contributed by atoms with van der Waals surface area (Å²) < 4.78 is 0. The van der Waals surface area contributed by atoms with Crippen LogP contribution in [-0.2, 0) is 0 Å². The Hall–Kier alpha value is -0.740. The topological polar surface area (TPSA) is 53.3 Å². The van der Waals surface area contributed by atoms with Gasteiger partial charge in [-0.2, -0.15) is 0 Å². The molecule has 0 radical (unpaired) electrons. The van der Waals surface area contributed by atoms with Crippen LogP contribution in [0.3, 0.4) is 0 Å². The van der Waals surface area contributed by atoms with E-state index in [1.54, 1.807) is 12.4 Å². The van der Waals surface area contributed by atoms with Gasteiger partial charge < -0.3 is 5.43 Å². The Balaban J connectivity index is 2.38. The Morgan fingerprint density at radius 2 is 2.50 bits per heavy atom. The Morgan fingerprint density at radius 3 is 2.67 bits per heavy atom. The van der Waals surface area contributed by atoms with Crippen molar-refractivity contribution < 1.29 is 0 Å². The van der Waals surface area contributed by atoms with Crippen LogP contribution >= 0.6 is 0 Å². The molecule has 4 heteroatoms. The van der Waals surface area contributed by atoms with Gasteiger partial charge in [-0.25, -0.2) is 11.0 Å². The first-order valence-electron chi connectivity index (χ1n) is 1.61. The molecule has 0 fully saturated rings. The van der Waals surface area contributed by atoms with E-state index in [-0.39, 0.29) is 0 Å². The first-order valence-corrected chi connectivity index (χ1v) is 1.61. The van der Waals surface area contributed by atoms with Crippen LogP contribution in [-0.4, -0.2) is 5.12 Å². The number of nitrogens with one attached hydrogen (secondary N) is 2. The predicted molar refractivity (Wildman–Crippen MR) is 21.4 cm³/mol. The molecular formula is C2H6N4. The molecule has 0 bridgehead atoms. The zero-order chi connectivity index (χ0) is 4.41. The summed E-state index contributed by atoms with van der Waals surface area (Å²) >= 11 is 0. The third-order valence-corrected chi connectivity index (χ3v) is 0.512. The van der Waals surface area contributed by atoms with Crippen LogP contribution in [0.2, 0.25) is 0 Å². The number of hydrogen-bond acceptors (Lipinski definition) is 4. The molecule has 0 atom stereocenters. The lowest BCUT2D eigenvalue weighted by molar-refractivity contribution is 0.281. The Kier molecular flexibility index (Phi) is 0.664. The molecule has 4 nitrogen and oxygen atoms in total. The maximum Gasteiger partial charge on any atom is 0.0528 e. The minimum absolute atomic E-state index is 1.32. The van der Waals surface area contributed by atoms with Crippen LogP contribution in [0.15, 0.2) is 12.4 Å². The van der Waals surface area contributed by atoms with Crippen molar-refractivity contribution in [3.05, 3.63) is 12.4 Å². The highest BCUT2D eigenvalue weighted by Crippen LogP contribution is 1.73. The molecule has 0 aliphatic carbocycles. The molecule has 0 saturated heterocycles. The molecule has 0 aromatic carbocycles. The van der Waals surface area contributed by atoms with Crippen LogP contribution in [0.4, 0.5) is 0 Å². The summed E-state index contributed by atoms with van der Waals surface area (Å²) in [4.78, 5) is 0. The monoisotopic (exact) mass is 86.1 g/mol. The Labute approximate surface area is 35.5 Å². The van der Waals surface area contributed by atoms with Crippen molar-refractivity contribution in [3.63, 3.8) is 0 Å².